The molecule has 0 spiro atoms. The molecule has 20 heavy (non-hydrogen) atoms. The summed E-state index contributed by atoms with van der Waals surface area (Å²) in [6.45, 7) is 5.27. The molecule has 0 bridgehead atoms. The van der Waals surface area contributed by atoms with Crippen LogP contribution >= 0.6 is 0 Å². The zero-order valence-electron chi connectivity index (χ0n) is 11.7. The van der Waals surface area contributed by atoms with Crippen LogP contribution in [0.15, 0.2) is 49.1 Å². The number of nitrogens with one attached hydrogen (secondary N) is 1. The largest absolute Gasteiger partial charge is 0.355 e. The Kier molecular flexibility index (Phi) is 3.37. The van der Waals surface area contributed by atoms with Gasteiger partial charge in [-0.25, -0.2) is 4.98 Å². The Labute approximate surface area is 118 Å². The molecule has 0 radical (unpaired) electrons. The molecule has 0 aliphatic rings. The van der Waals surface area contributed by atoms with Gasteiger partial charge in [-0.1, -0.05) is 26.0 Å². The van der Waals surface area contributed by atoms with E-state index in [0.29, 0.717) is 5.92 Å². The van der Waals surface area contributed by atoms with E-state index in [-0.39, 0.29) is 0 Å². The van der Waals surface area contributed by atoms with E-state index in [0.717, 1.165) is 23.6 Å². The third-order valence-corrected chi connectivity index (χ3v) is 3.23. The number of pyridine rings is 1. The van der Waals surface area contributed by atoms with Gasteiger partial charge in [0.05, 0.1) is 5.69 Å². The first-order chi connectivity index (χ1) is 9.75. The van der Waals surface area contributed by atoms with Gasteiger partial charge in [0.15, 0.2) is 0 Å². The van der Waals surface area contributed by atoms with Crippen LogP contribution in [0.2, 0.25) is 0 Å². The number of benzene rings is 1. The number of aromatic nitrogens is 3. The monoisotopic (exact) mass is 266 g/mol. The third-order valence-electron chi connectivity index (χ3n) is 3.23. The van der Waals surface area contributed by atoms with Crippen molar-refractivity contribution in [3.8, 4) is 5.69 Å². The van der Waals surface area contributed by atoms with E-state index in [4.69, 9.17) is 0 Å². The first-order valence-corrected chi connectivity index (χ1v) is 6.86. The normalized spacial score (nSPS) is 11.2. The summed E-state index contributed by atoms with van der Waals surface area (Å²) >= 11 is 0. The molecule has 0 amide bonds. The van der Waals surface area contributed by atoms with E-state index in [1.807, 2.05) is 36.9 Å². The molecule has 3 rings (SSSR count). The molecule has 4 nitrogen and oxygen atoms in total. The molecule has 0 saturated heterocycles. The van der Waals surface area contributed by atoms with Crippen LogP contribution in [-0.2, 0) is 0 Å². The average Bonchev–Trinajstić information content (AvgIpc) is 2.92. The minimum absolute atomic E-state index is 0.580. The van der Waals surface area contributed by atoms with Gasteiger partial charge >= 0.3 is 0 Å². The zero-order valence-corrected chi connectivity index (χ0v) is 11.7. The Morgan fingerprint density at radius 3 is 2.95 bits per heavy atom. The summed E-state index contributed by atoms with van der Waals surface area (Å²) in [5.41, 5.74) is 1.12. The number of nitrogens with zero attached hydrogens (tertiary/aromatic N) is 3. The molecule has 4 heteroatoms. The quantitative estimate of drug-likeness (QED) is 0.786. The standard InChI is InChI=1S/C16H18N4/c1-12(2)10-19-16-18-8-9-20(16)15-5-3-4-13-11-17-7-6-14(13)15/h3-9,11-12H,10H2,1-2H3,(H,18,19). The van der Waals surface area contributed by atoms with Gasteiger partial charge in [-0.2, -0.15) is 0 Å². The Hall–Kier alpha value is -2.36. The summed E-state index contributed by atoms with van der Waals surface area (Å²) in [5, 5.41) is 5.70. The van der Waals surface area contributed by atoms with Crippen LogP contribution in [0.1, 0.15) is 13.8 Å². The van der Waals surface area contributed by atoms with E-state index in [2.05, 4.69) is 45.8 Å². The maximum Gasteiger partial charge on any atom is 0.207 e. The molecule has 0 aliphatic heterocycles. The minimum atomic E-state index is 0.580. The predicted molar refractivity (Wildman–Crippen MR) is 82.2 cm³/mol. The lowest BCUT2D eigenvalue weighted by atomic mass is 10.1. The van der Waals surface area contributed by atoms with Crippen LogP contribution < -0.4 is 5.32 Å². The van der Waals surface area contributed by atoms with Gasteiger partial charge in [-0.15, -0.1) is 0 Å². The van der Waals surface area contributed by atoms with Crippen molar-refractivity contribution < 1.29 is 0 Å². The lowest BCUT2D eigenvalue weighted by Gasteiger charge is -2.13. The maximum absolute atomic E-state index is 4.41. The van der Waals surface area contributed by atoms with Gasteiger partial charge in [0.25, 0.3) is 0 Å². The fraction of sp³-hybridized carbons (Fsp3) is 0.250. The van der Waals surface area contributed by atoms with Gasteiger partial charge in [-0.3, -0.25) is 9.55 Å². The van der Waals surface area contributed by atoms with E-state index in [1.165, 1.54) is 5.39 Å². The number of anilines is 1. The minimum Gasteiger partial charge on any atom is -0.355 e. The Morgan fingerprint density at radius 2 is 2.10 bits per heavy atom. The highest BCUT2D eigenvalue weighted by atomic mass is 15.2. The molecule has 0 saturated carbocycles. The van der Waals surface area contributed by atoms with E-state index < -0.39 is 0 Å². The molecule has 0 fully saturated rings. The Morgan fingerprint density at radius 1 is 1.20 bits per heavy atom. The molecule has 0 aliphatic carbocycles. The van der Waals surface area contributed by atoms with Crippen LogP contribution in [0.5, 0.6) is 0 Å². The summed E-state index contributed by atoms with van der Waals surface area (Å²) in [6, 6.07) is 8.26. The second kappa shape index (κ2) is 5.33. The summed E-state index contributed by atoms with van der Waals surface area (Å²) in [4.78, 5) is 8.58. The number of hydrogen-bond acceptors (Lipinski definition) is 3. The smallest absolute Gasteiger partial charge is 0.207 e. The van der Waals surface area contributed by atoms with E-state index >= 15 is 0 Å². The van der Waals surface area contributed by atoms with Crippen LogP contribution in [0.25, 0.3) is 16.5 Å². The first-order valence-electron chi connectivity index (χ1n) is 6.86. The number of imidazole rings is 1. The highest BCUT2D eigenvalue weighted by Crippen LogP contribution is 2.23. The van der Waals surface area contributed by atoms with Crippen molar-refractivity contribution in [2.75, 3.05) is 11.9 Å². The predicted octanol–water partition coefficient (Wildman–Crippen LogP) is 3.49. The number of rotatable bonds is 4. The summed E-state index contributed by atoms with van der Waals surface area (Å²) < 4.78 is 2.09. The second-order valence-corrected chi connectivity index (χ2v) is 5.27. The van der Waals surface area contributed by atoms with Crippen molar-refractivity contribution in [3.63, 3.8) is 0 Å². The Balaban J connectivity index is 2.05. The topological polar surface area (TPSA) is 42.7 Å². The van der Waals surface area contributed by atoms with Crippen molar-refractivity contribution in [2.45, 2.75) is 13.8 Å². The van der Waals surface area contributed by atoms with Gasteiger partial charge < -0.3 is 5.32 Å². The number of fused-ring (bicyclic) bond motifs is 1. The van der Waals surface area contributed by atoms with Crippen molar-refractivity contribution in [3.05, 3.63) is 49.1 Å². The molecule has 2 aromatic heterocycles. The van der Waals surface area contributed by atoms with Crippen LogP contribution in [0.3, 0.4) is 0 Å². The van der Waals surface area contributed by atoms with Crippen molar-refractivity contribution in [1.29, 1.82) is 0 Å². The van der Waals surface area contributed by atoms with E-state index in [9.17, 15) is 0 Å². The molecular formula is C16H18N4. The summed E-state index contributed by atoms with van der Waals surface area (Å²) in [6.07, 6.45) is 7.52. The van der Waals surface area contributed by atoms with E-state index in [1.54, 1.807) is 0 Å². The molecule has 0 atom stereocenters. The zero-order chi connectivity index (χ0) is 13.9. The Bertz CT molecular complexity index is 710. The fourth-order valence-electron chi connectivity index (χ4n) is 2.24. The molecule has 0 unspecified atom stereocenters. The molecule has 2 heterocycles. The maximum atomic E-state index is 4.41. The van der Waals surface area contributed by atoms with Crippen molar-refractivity contribution >= 4 is 16.7 Å². The van der Waals surface area contributed by atoms with Gasteiger partial charge in [0.1, 0.15) is 0 Å². The third kappa shape index (κ3) is 2.37. The first kappa shape index (κ1) is 12.7. The molecular weight excluding hydrogens is 248 g/mol. The summed E-state index contributed by atoms with van der Waals surface area (Å²) in [5.74, 6) is 1.46. The SMILES string of the molecule is CC(C)CNc1nccn1-c1cccc2cnccc12. The van der Waals surface area contributed by atoms with Crippen molar-refractivity contribution in [1.82, 2.24) is 14.5 Å². The lowest BCUT2D eigenvalue weighted by Crippen LogP contribution is -2.12. The van der Waals surface area contributed by atoms with Crippen molar-refractivity contribution in [2.24, 2.45) is 5.92 Å². The molecule has 1 N–H and O–H groups in total. The summed E-state index contributed by atoms with van der Waals surface area (Å²) in [7, 11) is 0. The average molecular weight is 266 g/mol. The second-order valence-electron chi connectivity index (χ2n) is 5.27. The fourth-order valence-corrected chi connectivity index (χ4v) is 2.24. The molecule has 3 aromatic rings. The van der Waals surface area contributed by atoms with Crippen LogP contribution in [0, 0.1) is 5.92 Å². The van der Waals surface area contributed by atoms with Gasteiger partial charge in [0, 0.05) is 42.1 Å². The highest BCUT2D eigenvalue weighted by Gasteiger charge is 2.08. The lowest BCUT2D eigenvalue weighted by molar-refractivity contribution is 0.683. The highest BCUT2D eigenvalue weighted by molar-refractivity contribution is 5.89. The van der Waals surface area contributed by atoms with Gasteiger partial charge in [0.2, 0.25) is 5.95 Å². The van der Waals surface area contributed by atoms with Crippen LogP contribution in [-0.4, -0.2) is 21.1 Å². The van der Waals surface area contributed by atoms with Gasteiger partial charge in [-0.05, 0) is 18.1 Å². The number of hydrogen-bond donors (Lipinski definition) is 1. The molecule has 1 aromatic carbocycles. The molecule has 102 valence electrons. The van der Waals surface area contributed by atoms with Crippen LogP contribution in [0.4, 0.5) is 5.95 Å².